The smallest absolute Gasteiger partial charge is 0.228 e. The summed E-state index contributed by atoms with van der Waals surface area (Å²) in [4.78, 5) is 27.1. The van der Waals surface area contributed by atoms with Gasteiger partial charge in [-0.2, -0.15) is 0 Å². The Morgan fingerprint density at radius 2 is 1.94 bits per heavy atom. The van der Waals surface area contributed by atoms with E-state index in [4.69, 9.17) is 0 Å². The van der Waals surface area contributed by atoms with Gasteiger partial charge in [-0.05, 0) is 45.2 Å². The molecule has 1 amide bonds. The second-order valence-electron chi connectivity index (χ2n) is 8.15. The van der Waals surface area contributed by atoms with Crippen LogP contribution in [0.5, 0.6) is 0 Å². The van der Waals surface area contributed by atoms with Crippen molar-refractivity contribution >= 4 is 39.9 Å². The highest BCUT2D eigenvalue weighted by Crippen LogP contribution is 2.36. The molecular weight excluding hydrogens is 440 g/mol. The van der Waals surface area contributed by atoms with Crippen molar-refractivity contribution in [3.63, 3.8) is 0 Å². The van der Waals surface area contributed by atoms with Gasteiger partial charge < -0.3 is 4.57 Å². The zero-order valence-electron chi connectivity index (χ0n) is 18.9. The molecule has 0 radical (unpaired) electrons. The summed E-state index contributed by atoms with van der Waals surface area (Å²) in [6.45, 7) is 8.08. The number of aryl methyl sites for hydroxylation is 1. The Morgan fingerprint density at radius 3 is 2.59 bits per heavy atom. The number of nitrogens with zero attached hydrogens (tertiary/aromatic N) is 4. The molecule has 2 heterocycles. The lowest BCUT2D eigenvalue weighted by Crippen LogP contribution is -2.32. The van der Waals surface area contributed by atoms with E-state index >= 15 is 0 Å². The molecule has 8 heteroatoms. The monoisotopic (exact) mass is 468 g/mol. The Hall–Kier alpha value is -2.45. The lowest BCUT2D eigenvalue weighted by molar-refractivity contribution is -0.118. The second kappa shape index (κ2) is 9.58. The summed E-state index contributed by atoms with van der Waals surface area (Å²) in [6, 6.07) is 12.7. The van der Waals surface area contributed by atoms with E-state index in [1.54, 1.807) is 4.90 Å². The molecule has 0 N–H and O–H groups in total. The van der Waals surface area contributed by atoms with Crippen molar-refractivity contribution in [3.05, 3.63) is 58.9 Å². The number of thioether (sulfide) groups is 1. The van der Waals surface area contributed by atoms with Crippen LogP contribution in [0.15, 0.2) is 40.7 Å². The van der Waals surface area contributed by atoms with Crippen LogP contribution >= 0.6 is 23.1 Å². The van der Waals surface area contributed by atoms with E-state index in [0.29, 0.717) is 17.3 Å². The van der Waals surface area contributed by atoms with Crippen LogP contribution in [0.4, 0.5) is 5.13 Å². The lowest BCUT2D eigenvalue weighted by Gasteiger charge is -2.19. The van der Waals surface area contributed by atoms with Crippen molar-refractivity contribution in [2.45, 2.75) is 63.4 Å². The molecule has 1 aliphatic carbocycles. The van der Waals surface area contributed by atoms with Gasteiger partial charge in [-0.3, -0.25) is 14.5 Å². The van der Waals surface area contributed by atoms with Crippen LogP contribution in [-0.2, 0) is 4.79 Å². The van der Waals surface area contributed by atoms with Crippen molar-refractivity contribution in [2.24, 2.45) is 0 Å². The van der Waals surface area contributed by atoms with Gasteiger partial charge in [0, 0.05) is 29.4 Å². The van der Waals surface area contributed by atoms with Gasteiger partial charge in [0.05, 0.1) is 11.8 Å². The number of amides is 1. The van der Waals surface area contributed by atoms with E-state index in [9.17, 15) is 9.59 Å². The van der Waals surface area contributed by atoms with Crippen molar-refractivity contribution in [1.29, 1.82) is 0 Å². The number of hydrogen-bond acceptors (Lipinski definition) is 6. The highest BCUT2D eigenvalue weighted by Gasteiger charge is 2.35. The first-order valence-corrected chi connectivity index (χ1v) is 12.8. The minimum atomic E-state index is 0.0787. The number of carbonyl (C=O) groups excluding carboxylic acids is 2. The topological polar surface area (TPSA) is 68.1 Å². The average molecular weight is 469 g/mol. The minimum absolute atomic E-state index is 0.0787. The number of carbonyl (C=O) groups is 2. The Kier molecular flexibility index (Phi) is 6.81. The Bertz CT molecular complexity index is 1120. The minimum Gasteiger partial charge on any atom is -0.341 e. The van der Waals surface area contributed by atoms with Crippen LogP contribution in [0.3, 0.4) is 0 Å². The predicted molar refractivity (Wildman–Crippen MR) is 130 cm³/mol. The Balaban J connectivity index is 1.45. The summed E-state index contributed by atoms with van der Waals surface area (Å²) in [7, 11) is 0. The third-order valence-electron chi connectivity index (χ3n) is 5.87. The molecule has 0 spiro atoms. The fourth-order valence-corrected chi connectivity index (χ4v) is 5.88. The van der Waals surface area contributed by atoms with E-state index in [0.717, 1.165) is 34.1 Å². The van der Waals surface area contributed by atoms with Gasteiger partial charge in [-0.25, -0.2) is 0 Å². The second-order valence-corrected chi connectivity index (χ2v) is 10.3. The molecule has 0 saturated heterocycles. The molecule has 1 fully saturated rings. The van der Waals surface area contributed by atoms with Crippen LogP contribution in [0.25, 0.3) is 0 Å². The molecule has 0 bridgehead atoms. The zero-order chi connectivity index (χ0) is 22.8. The molecule has 3 aromatic rings. The third-order valence-corrected chi connectivity index (χ3v) is 7.92. The van der Waals surface area contributed by atoms with Gasteiger partial charge in [0.2, 0.25) is 11.0 Å². The Morgan fingerprint density at radius 1 is 1.22 bits per heavy atom. The lowest BCUT2D eigenvalue weighted by atomic mass is 10.1. The maximum absolute atomic E-state index is 13.0. The van der Waals surface area contributed by atoms with Gasteiger partial charge in [0.1, 0.15) is 0 Å². The molecule has 0 aliphatic heterocycles. The van der Waals surface area contributed by atoms with Crippen molar-refractivity contribution < 1.29 is 9.59 Å². The van der Waals surface area contributed by atoms with Crippen LogP contribution in [-0.4, -0.2) is 38.2 Å². The first-order chi connectivity index (χ1) is 15.4. The van der Waals surface area contributed by atoms with E-state index in [-0.39, 0.29) is 23.8 Å². The summed E-state index contributed by atoms with van der Waals surface area (Å²) in [5.74, 6) is 0.454. The number of anilines is 1. The van der Waals surface area contributed by atoms with E-state index in [1.807, 2.05) is 45.0 Å². The number of ketones is 1. The zero-order valence-corrected chi connectivity index (χ0v) is 20.5. The molecule has 2 aromatic heterocycles. The van der Waals surface area contributed by atoms with Crippen molar-refractivity contribution in [3.8, 4) is 0 Å². The first kappa shape index (κ1) is 22.7. The van der Waals surface area contributed by atoms with Gasteiger partial charge >= 0.3 is 0 Å². The van der Waals surface area contributed by atoms with Crippen LogP contribution in [0, 0.1) is 13.8 Å². The molecule has 1 aromatic carbocycles. The number of hydrogen-bond donors (Lipinski definition) is 0. The number of aromatic nitrogens is 3. The normalized spacial score (nSPS) is 14.4. The summed E-state index contributed by atoms with van der Waals surface area (Å²) in [6.07, 6.45) is 2.49. The van der Waals surface area contributed by atoms with E-state index in [1.165, 1.54) is 28.7 Å². The Labute approximate surface area is 197 Å². The fourth-order valence-electron chi connectivity index (χ4n) is 4.07. The molecule has 32 heavy (non-hydrogen) atoms. The van der Waals surface area contributed by atoms with Crippen LogP contribution in [0.1, 0.15) is 66.5 Å². The number of Topliss-reactive ketones (excluding diaryl/α,β-unsaturated/α-hetero) is 1. The maximum Gasteiger partial charge on any atom is 0.228 e. The molecular formula is C24H28N4O2S2. The van der Waals surface area contributed by atoms with E-state index < -0.39 is 0 Å². The van der Waals surface area contributed by atoms with Crippen LogP contribution < -0.4 is 4.90 Å². The van der Waals surface area contributed by atoms with Crippen molar-refractivity contribution in [2.75, 3.05) is 10.7 Å². The predicted octanol–water partition coefficient (Wildman–Crippen LogP) is 5.45. The van der Waals surface area contributed by atoms with Gasteiger partial charge in [0.15, 0.2) is 10.1 Å². The van der Waals surface area contributed by atoms with Gasteiger partial charge in [-0.1, -0.05) is 60.4 Å². The number of benzene rings is 1. The summed E-state index contributed by atoms with van der Waals surface area (Å²) in [5.41, 5.74) is 4.02. The standard InChI is InChI=1S/C24H28N4O2S2/c1-5-22(30)28(19-11-12-19)23-25-26-24(32-23)31-14-21(29)20-13-15(2)27(17(20)4)16(3)18-9-7-6-8-10-18/h6-10,13,16,19H,5,11-12,14H2,1-4H3/t16-/m1/s1. The SMILES string of the molecule is CCC(=O)N(c1nnc(SCC(=O)c2cc(C)n([C@H](C)c3ccccc3)c2C)s1)C1CC1. The van der Waals surface area contributed by atoms with Crippen molar-refractivity contribution in [1.82, 2.24) is 14.8 Å². The van der Waals surface area contributed by atoms with Crippen LogP contribution in [0.2, 0.25) is 0 Å². The molecule has 0 unspecified atom stereocenters. The third kappa shape index (κ3) is 4.66. The molecule has 6 nitrogen and oxygen atoms in total. The molecule has 168 valence electrons. The molecule has 1 aliphatic rings. The molecule has 4 rings (SSSR count). The largest absolute Gasteiger partial charge is 0.341 e. The molecule has 1 atom stereocenters. The number of rotatable bonds is 9. The highest BCUT2D eigenvalue weighted by molar-refractivity contribution is 8.01. The summed E-state index contributed by atoms with van der Waals surface area (Å²) < 4.78 is 2.94. The first-order valence-electron chi connectivity index (χ1n) is 11.0. The van der Waals surface area contributed by atoms with Gasteiger partial charge in [0.25, 0.3) is 0 Å². The van der Waals surface area contributed by atoms with Gasteiger partial charge in [-0.15, -0.1) is 10.2 Å². The quantitative estimate of drug-likeness (QED) is 0.237. The summed E-state index contributed by atoms with van der Waals surface area (Å²) >= 11 is 2.78. The fraction of sp³-hybridized carbons (Fsp3) is 0.417. The average Bonchev–Trinajstić information content (AvgIpc) is 3.44. The van der Waals surface area contributed by atoms with E-state index in [2.05, 4.69) is 33.8 Å². The highest BCUT2D eigenvalue weighted by atomic mass is 32.2. The maximum atomic E-state index is 13.0. The molecule has 1 saturated carbocycles. The summed E-state index contributed by atoms with van der Waals surface area (Å²) in [5, 5.41) is 9.09.